The fourth-order valence-electron chi connectivity index (χ4n) is 7.72. The molecular formula is C47H29NS. The van der Waals surface area contributed by atoms with Crippen LogP contribution in [0.3, 0.4) is 0 Å². The highest BCUT2D eigenvalue weighted by Crippen LogP contribution is 2.46. The maximum absolute atomic E-state index is 5.13. The summed E-state index contributed by atoms with van der Waals surface area (Å²) < 4.78 is 1.27. The Morgan fingerprint density at radius 1 is 0.327 bits per heavy atom. The van der Waals surface area contributed by atoms with E-state index < -0.39 is 0 Å². The highest BCUT2D eigenvalue weighted by atomic mass is 32.1. The molecule has 8 aromatic carbocycles. The normalized spacial score (nSPS) is 11.7. The van der Waals surface area contributed by atoms with E-state index in [1.54, 1.807) is 11.3 Å². The third-order valence-corrected chi connectivity index (χ3v) is 10.9. The molecule has 0 saturated carbocycles. The molecule has 0 fully saturated rings. The number of rotatable bonds is 4. The Balaban J connectivity index is 1.25. The summed E-state index contributed by atoms with van der Waals surface area (Å²) in [7, 11) is 0. The average molecular weight is 640 g/mol. The number of thiophene rings is 1. The van der Waals surface area contributed by atoms with E-state index in [4.69, 9.17) is 4.98 Å². The Labute approximate surface area is 288 Å². The molecule has 2 aromatic heterocycles. The maximum atomic E-state index is 5.13. The van der Waals surface area contributed by atoms with E-state index in [0.717, 1.165) is 10.3 Å². The first-order chi connectivity index (χ1) is 24.3. The molecule has 0 bridgehead atoms. The van der Waals surface area contributed by atoms with Gasteiger partial charge in [0, 0.05) is 26.4 Å². The van der Waals surface area contributed by atoms with Gasteiger partial charge >= 0.3 is 0 Å². The summed E-state index contributed by atoms with van der Waals surface area (Å²) in [5, 5.41) is 8.73. The molecule has 0 atom stereocenters. The molecule has 0 N–H and O–H groups in total. The zero-order valence-corrected chi connectivity index (χ0v) is 27.4. The topological polar surface area (TPSA) is 12.9 Å². The summed E-state index contributed by atoms with van der Waals surface area (Å²) in [6.07, 6.45) is 0. The highest BCUT2D eigenvalue weighted by molar-refractivity contribution is 7.25. The van der Waals surface area contributed by atoms with Crippen molar-refractivity contribution in [1.29, 1.82) is 0 Å². The van der Waals surface area contributed by atoms with Crippen molar-refractivity contribution in [1.82, 2.24) is 4.98 Å². The highest BCUT2D eigenvalue weighted by Gasteiger charge is 2.19. The lowest BCUT2D eigenvalue weighted by molar-refractivity contribution is 1.53. The van der Waals surface area contributed by atoms with E-state index >= 15 is 0 Å². The van der Waals surface area contributed by atoms with Crippen molar-refractivity contribution in [3.05, 3.63) is 176 Å². The molecule has 2 heterocycles. The molecule has 0 saturated heterocycles. The number of para-hydroxylation sites is 1. The molecule has 0 radical (unpaired) electrons. The molecule has 0 spiro atoms. The lowest BCUT2D eigenvalue weighted by Crippen LogP contribution is -1.92. The minimum Gasteiger partial charge on any atom is -0.237 e. The van der Waals surface area contributed by atoms with Gasteiger partial charge in [-0.15, -0.1) is 11.3 Å². The number of benzene rings is 8. The summed E-state index contributed by atoms with van der Waals surface area (Å²) in [5.74, 6) is 0. The van der Waals surface area contributed by atoms with Crippen LogP contribution in [0.2, 0.25) is 0 Å². The van der Waals surface area contributed by atoms with Crippen LogP contribution in [0.4, 0.5) is 0 Å². The van der Waals surface area contributed by atoms with Gasteiger partial charge in [0.25, 0.3) is 0 Å². The molecule has 0 unspecified atom stereocenters. The van der Waals surface area contributed by atoms with Crippen molar-refractivity contribution < 1.29 is 0 Å². The second kappa shape index (κ2) is 11.3. The largest absolute Gasteiger partial charge is 0.237 e. The zero-order chi connectivity index (χ0) is 32.3. The summed E-state index contributed by atoms with van der Waals surface area (Å²) in [6, 6.07) is 64.0. The van der Waals surface area contributed by atoms with Crippen LogP contribution in [0.25, 0.3) is 97.3 Å². The van der Waals surface area contributed by atoms with Gasteiger partial charge in [0.2, 0.25) is 0 Å². The fourth-order valence-corrected chi connectivity index (χ4v) is 8.82. The first-order valence-electron chi connectivity index (χ1n) is 16.7. The number of pyridine rings is 1. The van der Waals surface area contributed by atoms with Crippen LogP contribution in [-0.4, -0.2) is 4.98 Å². The van der Waals surface area contributed by atoms with Crippen molar-refractivity contribution in [2.45, 2.75) is 0 Å². The first kappa shape index (κ1) is 28.0. The Morgan fingerprint density at radius 2 is 0.857 bits per heavy atom. The van der Waals surface area contributed by atoms with Gasteiger partial charge < -0.3 is 0 Å². The van der Waals surface area contributed by atoms with E-state index in [9.17, 15) is 0 Å². The second-order valence-electron chi connectivity index (χ2n) is 12.7. The summed E-state index contributed by atoms with van der Waals surface area (Å²) >= 11 is 1.78. The Kier molecular flexibility index (Phi) is 6.43. The van der Waals surface area contributed by atoms with Crippen LogP contribution in [0.15, 0.2) is 176 Å². The van der Waals surface area contributed by atoms with Crippen molar-refractivity contribution in [2.75, 3.05) is 0 Å². The lowest BCUT2D eigenvalue weighted by atomic mass is 9.84. The fraction of sp³-hybridized carbons (Fsp3) is 0. The van der Waals surface area contributed by atoms with Crippen molar-refractivity contribution in [3.63, 3.8) is 0 Å². The van der Waals surface area contributed by atoms with Crippen molar-refractivity contribution in [2.24, 2.45) is 0 Å². The average Bonchev–Trinajstić information content (AvgIpc) is 3.54. The van der Waals surface area contributed by atoms with Crippen molar-refractivity contribution in [3.8, 4) is 44.5 Å². The first-order valence-corrected chi connectivity index (χ1v) is 17.5. The third kappa shape index (κ3) is 4.49. The van der Waals surface area contributed by atoms with Gasteiger partial charge in [0.1, 0.15) is 4.83 Å². The molecule has 0 aliphatic rings. The van der Waals surface area contributed by atoms with Gasteiger partial charge in [-0.1, -0.05) is 152 Å². The van der Waals surface area contributed by atoms with Crippen LogP contribution in [0.1, 0.15) is 0 Å². The lowest BCUT2D eigenvalue weighted by Gasteiger charge is -2.19. The van der Waals surface area contributed by atoms with Gasteiger partial charge in [-0.05, 0) is 84.8 Å². The number of aromatic nitrogens is 1. The van der Waals surface area contributed by atoms with Crippen LogP contribution >= 0.6 is 11.3 Å². The minimum absolute atomic E-state index is 1.03. The standard InChI is InChI=1S/C47H29NS/c1-3-14-30(15-4-1)43-35-20-7-8-21-36(35)44(31-16-5-2-6-17-31)40-29-33(26-27-37(40)43)32-18-13-19-34(28-32)45-38-22-9-11-24-41(38)48-47-46(45)39-23-10-12-25-42(39)49-47/h1-29H. The third-order valence-electron chi connectivity index (χ3n) is 9.86. The summed E-state index contributed by atoms with van der Waals surface area (Å²) in [6.45, 7) is 0. The Hall–Kier alpha value is -6.09. The molecule has 0 aliphatic carbocycles. The van der Waals surface area contributed by atoms with E-state index in [0.29, 0.717) is 0 Å². The van der Waals surface area contributed by atoms with Gasteiger partial charge in [0.05, 0.1) is 5.52 Å². The predicted molar refractivity (Wildman–Crippen MR) is 211 cm³/mol. The van der Waals surface area contributed by atoms with Gasteiger partial charge in [-0.25, -0.2) is 4.98 Å². The van der Waals surface area contributed by atoms with E-state index in [-0.39, 0.29) is 0 Å². The monoisotopic (exact) mass is 639 g/mol. The molecule has 2 heteroatoms. The van der Waals surface area contributed by atoms with Gasteiger partial charge in [0.15, 0.2) is 0 Å². The maximum Gasteiger partial charge on any atom is 0.125 e. The molecule has 0 amide bonds. The second-order valence-corrected chi connectivity index (χ2v) is 13.7. The van der Waals surface area contributed by atoms with Crippen LogP contribution < -0.4 is 0 Å². The van der Waals surface area contributed by atoms with Crippen molar-refractivity contribution >= 4 is 64.1 Å². The Bertz CT molecular complexity index is 2870. The number of nitrogens with zero attached hydrogens (tertiary/aromatic N) is 1. The smallest absolute Gasteiger partial charge is 0.125 e. The van der Waals surface area contributed by atoms with Gasteiger partial charge in [-0.3, -0.25) is 0 Å². The molecule has 10 rings (SSSR count). The predicted octanol–water partition coefficient (Wildman–Crippen LogP) is 13.6. The zero-order valence-electron chi connectivity index (χ0n) is 26.6. The van der Waals surface area contributed by atoms with Gasteiger partial charge in [-0.2, -0.15) is 0 Å². The van der Waals surface area contributed by atoms with E-state index in [2.05, 4.69) is 176 Å². The molecule has 228 valence electrons. The van der Waals surface area contributed by atoms with E-state index in [1.807, 2.05) is 0 Å². The quantitative estimate of drug-likeness (QED) is 0.175. The van der Waals surface area contributed by atoms with Crippen LogP contribution in [0, 0.1) is 0 Å². The molecular weight excluding hydrogens is 611 g/mol. The SMILES string of the molecule is c1ccc(-c2c3ccccc3c(-c3ccccc3)c3cc(-c4cccc(-c5c6ccccc6nc6sc7ccccc7c56)c4)ccc23)cc1. The van der Waals surface area contributed by atoms with E-state index in [1.165, 1.54) is 86.9 Å². The van der Waals surface area contributed by atoms with Crippen LogP contribution in [0.5, 0.6) is 0 Å². The number of hydrogen-bond acceptors (Lipinski definition) is 2. The number of hydrogen-bond donors (Lipinski definition) is 0. The summed E-state index contributed by atoms with van der Waals surface area (Å²) in [4.78, 5) is 6.21. The molecule has 10 aromatic rings. The number of fused-ring (bicyclic) bond motifs is 6. The molecule has 49 heavy (non-hydrogen) atoms. The Morgan fingerprint density at radius 3 is 1.59 bits per heavy atom. The molecule has 0 aliphatic heterocycles. The van der Waals surface area contributed by atoms with Crippen LogP contribution in [-0.2, 0) is 0 Å². The summed E-state index contributed by atoms with van der Waals surface area (Å²) in [5.41, 5.74) is 10.9. The molecule has 1 nitrogen and oxygen atoms in total. The minimum atomic E-state index is 1.03.